The van der Waals surface area contributed by atoms with E-state index >= 15 is 0 Å². The van der Waals surface area contributed by atoms with Gasteiger partial charge in [0.05, 0.1) is 15.8 Å². The molecule has 1 aromatic heterocycles. The van der Waals surface area contributed by atoms with Gasteiger partial charge in [-0.3, -0.25) is 4.79 Å². The minimum Gasteiger partial charge on any atom is -0.492 e. The van der Waals surface area contributed by atoms with Crippen LogP contribution in [0.5, 0.6) is 5.75 Å². The van der Waals surface area contributed by atoms with Crippen LogP contribution in [-0.4, -0.2) is 19.1 Å². The van der Waals surface area contributed by atoms with Crippen molar-refractivity contribution < 1.29 is 9.53 Å². The molecule has 0 aliphatic heterocycles. The number of carbonyl (C=O) groups is 1. The van der Waals surface area contributed by atoms with Gasteiger partial charge in [0.1, 0.15) is 12.4 Å². The monoisotopic (exact) mass is 296 g/mol. The van der Waals surface area contributed by atoms with Gasteiger partial charge in [0.2, 0.25) is 0 Å². The standard InChI is InChI=1S/C13H13ClN2O2S/c14-12-6-5-11(19-12)13(17)16-7-8-18-10-3-1-9(15)2-4-10/h1-6H,7-8,15H2,(H,16,17). The number of ether oxygens (including phenoxy) is 1. The summed E-state index contributed by atoms with van der Waals surface area (Å²) in [5.74, 6) is 0.584. The number of nitrogens with two attached hydrogens (primary N) is 1. The van der Waals surface area contributed by atoms with Crippen LogP contribution >= 0.6 is 22.9 Å². The van der Waals surface area contributed by atoms with Gasteiger partial charge in [0.15, 0.2) is 0 Å². The van der Waals surface area contributed by atoms with E-state index in [1.165, 1.54) is 11.3 Å². The summed E-state index contributed by atoms with van der Waals surface area (Å²) in [5, 5.41) is 2.76. The summed E-state index contributed by atoms with van der Waals surface area (Å²) in [6, 6.07) is 10.5. The van der Waals surface area contributed by atoms with E-state index in [-0.39, 0.29) is 5.91 Å². The third-order valence-corrected chi connectivity index (χ3v) is 3.56. The number of hydrogen-bond donors (Lipinski definition) is 2. The highest BCUT2D eigenvalue weighted by Gasteiger charge is 2.07. The maximum atomic E-state index is 11.7. The van der Waals surface area contributed by atoms with Gasteiger partial charge in [0, 0.05) is 5.69 Å². The van der Waals surface area contributed by atoms with Gasteiger partial charge in [-0.05, 0) is 36.4 Å². The second-order valence-electron chi connectivity index (χ2n) is 3.78. The number of hydrogen-bond acceptors (Lipinski definition) is 4. The maximum Gasteiger partial charge on any atom is 0.261 e. The van der Waals surface area contributed by atoms with E-state index in [0.717, 1.165) is 5.75 Å². The van der Waals surface area contributed by atoms with E-state index in [9.17, 15) is 4.79 Å². The van der Waals surface area contributed by atoms with E-state index in [0.29, 0.717) is 28.1 Å². The van der Waals surface area contributed by atoms with Crippen LogP contribution in [-0.2, 0) is 0 Å². The third kappa shape index (κ3) is 4.15. The molecule has 0 aliphatic rings. The average molecular weight is 297 g/mol. The van der Waals surface area contributed by atoms with Crippen LogP contribution in [0, 0.1) is 0 Å². The minimum absolute atomic E-state index is 0.141. The van der Waals surface area contributed by atoms with Gasteiger partial charge in [0.25, 0.3) is 5.91 Å². The first kappa shape index (κ1) is 13.7. The zero-order valence-corrected chi connectivity index (χ0v) is 11.6. The zero-order valence-electron chi connectivity index (χ0n) is 10.1. The van der Waals surface area contributed by atoms with Crippen LogP contribution in [0.4, 0.5) is 5.69 Å². The Labute approximate surface area is 120 Å². The first-order chi connectivity index (χ1) is 9.15. The lowest BCUT2D eigenvalue weighted by Gasteiger charge is -2.07. The van der Waals surface area contributed by atoms with Gasteiger partial charge in [-0.15, -0.1) is 11.3 Å². The van der Waals surface area contributed by atoms with Crippen molar-refractivity contribution in [1.82, 2.24) is 5.32 Å². The topological polar surface area (TPSA) is 64.3 Å². The van der Waals surface area contributed by atoms with Crippen LogP contribution < -0.4 is 15.8 Å². The van der Waals surface area contributed by atoms with Gasteiger partial charge >= 0.3 is 0 Å². The number of nitrogen functional groups attached to an aromatic ring is 1. The summed E-state index contributed by atoms with van der Waals surface area (Å²) in [7, 11) is 0. The van der Waals surface area contributed by atoms with Crippen molar-refractivity contribution in [1.29, 1.82) is 0 Å². The van der Waals surface area contributed by atoms with Gasteiger partial charge in [-0.1, -0.05) is 11.6 Å². The number of anilines is 1. The second kappa shape index (κ2) is 6.45. The van der Waals surface area contributed by atoms with E-state index < -0.39 is 0 Å². The summed E-state index contributed by atoms with van der Waals surface area (Å²) >= 11 is 7.01. The summed E-state index contributed by atoms with van der Waals surface area (Å²) in [6.45, 7) is 0.827. The Morgan fingerprint density at radius 1 is 1.26 bits per heavy atom. The van der Waals surface area contributed by atoms with Crippen LogP contribution in [0.1, 0.15) is 9.67 Å². The molecule has 0 saturated heterocycles. The van der Waals surface area contributed by atoms with E-state index in [1.807, 2.05) is 0 Å². The minimum atomic E-state index is -0.141. The summed E-state index contributed by atoms with van der Waals surface area (Å²) in [6.07, 6.45) is 0. The highest BCUT2D eigenvalue weighted by atomic mass is 35.5. The molecule has 0 aliphatic carbocycles. The largest absolute Gasteiger partial charge is 0.492 e. The number of rotatable bonds is 5. The molecule has 1 heterocycles. The molecule has 2 rings (SSSR count). The summed E-state index contributed by atoms with van der Waals surface area (Å²) in [5.41, 5.74) is 6.26. The Morgan fingerprint density at radius 2 is 2.00 bits per heavy atom. The smallest absolute Gasteiger partial charge is 0.261 e. The molecule has 100 valence electrons. The molecule has 0 unspecified atom stereocenters. The molecule has 0 bridgehead atoms. The number of amides is 1. The maximum absolute atomic E-state index is 11.7. The molecule has 19 heavy (non-hydrogen) atoms. The SMILES string of the molecule is Nc1ccc(OCCNC(=O)c2ccc(Cl)s2)cc1. The van der Waals surface area contributed by atoms with Crippen LogP contribution in [0.2, 0.25) is 4.34 Å². The van der Waals surface area contributed by atoms with Gasteiger partial charge < -0.3 is 15.8 Å². The van der Waals surface area contributed by atoms with Crippen molar-refractivity contribution in [2.75, 3.05) is 18.9 Å². The van der Waals surface area contributed by atoms with Crippen LogP contribution in [0.15, 0.2) is 36.4 Å². The zero-order chi connectivity index (χ0) is 13.7. The predicted molar refractivity (Wildman–Crippen MR) is 78.0 cm³/mol. The molecule has 0 saturated carbocycles. The molecule has 3 N–H and O–H groups in total. The second-order valence-corrected chi connectivity index (χ2v) is 5.49. The third-order valence-electron chi connectivity index (χ3n) is 2.33. The highest BCUT2D eigenvalue weighted by molar-refractivity contribution is 7.17. The quantitative estimate of drug-likeness (QED) is 0.659. The Morgan fingerprint density at radius 3 is 2.63 bits per heavy atom. The average Bonchev–Trinajstić information content (AvgIpc) is 2.83. The number of halogens is 1. The molecule has 0 spiro atoms. The van der Waals surface area contributed by atoms with Crippen LogP contribution in [0.3, 0.4) is 0 Å². The highest BCUT2D eigenvalue weighted by Crippen LogP contribution is 2.21. The molecule has 0 fully saturated rings. The summed E-state index contributed by atoms with van der Waals surface area (Å²) < 4.78 is 6.06. The van der Waals surface area contributed by atoms with Gasteiger partial charge in [-0.25, -0.2) is 0 Å². The van der Waals surface area contributed by atoms with E-state index in [4.69, 9.17) is 22.1 Å². The number of thiophene rings is 1. The molecule has 1 amide bonds. The molecule has 0 atom stereocenters. The van der Waals surface area contributed by atoms with Crippen molar-refractivity contribution >= 4 is 34.5 Å². The molecule has 1 aromatic carbocycles. The van der Waals surface area contributed by atoms with E-state index in [2.05, 4.69) is 5.32 Å². The van der Waals surface area contributed by atoms with E-state index in [1.54, 1.807) is 36.4 Å². The Kier molecular flexibility index (Phi) is 4.65. The Hall–Kier alpha value is -1.72. The normalized spacial score (nSPS) is 10.2. The van der Waals surface area contributed by atoms with Gasteiger partial charge in [-0.2, -0.15) is 0 Å². The first-order valence-electron chi connectivity index (χ1n) is 5.67. The molecule has 2 aromatic rings. The van der Waals surface area contributed by atoms with Crippen molar-refractivity contribution in [2.45, 2.75) is 0 Å². The molecule has 4 nitrogen and oxygen atoms in total. The first-order valence-corrected chi connectivity index (χ1v) is 6.86. The number of nitrogens with one attached hydrogen (secondary N) is 1. The molecular formula is C13H13ClN2O2S. The lowest BCUT2D eigenvalue weighted by atomic mass is 10.3. The van der Waals surface area contributed by atoms with Crippen molar-refractivity contribution in [3.05, 3.63) is 45.6 Å². The fourth-order valence-corrected chi connectivity index (χ4v) is 2.38. The molecular weight excluding hydrogens is 284 g/mol. The van der Waals surface area contributed by atoms with Crippen LogP contribution in [0.25, 0.3) is 0 Å². The Balaban J connectivity index is 1.72. The van der Waals surface area contributed by atoms with Crippen molar-refractivity contribution in [2.24, 2.45) is 0 Å². The summed E-state index contributed by atoms with van der Waals surface area (Å²) in [4.78, 5) is 12.3. The number of benzene rings is 1. The van der Waals surface area contributed by atoms with Crippen molar-refractivity contribution in [3.63, 3.8) is 0 Å². The van der Waals surface area contributed by atoms with Crippen molar-refractivity contribution in [3.8, 4) is 5.75 Å². The molecule has 0 radical (unpaired) electrons. The number of carbonyl (C=O) groups excluding carboxylic acids is 1. The lowest BCUT2D eigenvalue weighted by molar-refractivity contribution is 0.0951. The fraction of sp³-hybridized carbons (Fsp3) is 0.154. The Bertz CT molecular complexity index is 554. The predicted octanol–water partition coefficient (Wildman–Crippen LogP) is 2.79. The molecule has 6 heteroatoms. The fourth-order valence-electron chi connectivity index (χ4n) is 1.42. The lowest BCUT2D eigenvalue weighted by Crippen LogP contribution is -2.27.